The van der Waals surface area contributed by atoms with Crippen LogP contribution in [0.2, 0.25) is 0 Å². The summed E-state index contributed by atoms with van der Waals surface area (Å²) >= 11 is 0. The number of nitrogens with one attached hydrogen (secondary N) is 1. The third-order valence-electron chi connectivity index (χ3n) is 3.87. The molecule has 0 saturated carbocycles. The average Bonchev–Trinajstić information content (AvgIpc) is 2.39. The predicted octanol–water partition coefficient (Wildman–Crippen LogP) is 3.69. The van der Waals surface area contributed by atoms with E-state index >= 15 is 0 Å². The largest absolute Gasteiger partial charge is 0.493 e. The summed E-state index contributed by atoms with van der Waals surface area (Å²) in [7, 11) is 0. The molecule has 0 fully saturated rings. The molecule has 106 valence electrons. The number of fused-ring (bicyclic) bond motifs is 1. The van der Waals surface area contributed by atoms with Gasteiger partial charge < -0.3 is 14.8 Å². The lowest BCUT2D eigenvalue weighted by Gasteiger charge is -2.40. The standard InChI is InChI=1S/C16H25NO2/c1-5-16(4)11-12(17-6-2)15-13(18-7-3)9-8-10-14(15)19-16/h8-10,12,17H,5-7,11H2,1-4H3. The SMILES string of the molecule is CCNC1CC(C)(CC)Oc2cccc(OCC)c21. The Morgan fingerprint density at radius 3 is 2.79 bits per heavy atom. The maximum atomic E-state index is 6.21. The molecule has 0 bridgehead atoms. The Morgan fingerprint density at radius 1 is 1.37 bits per heavy atom. The van der Waals surface area contributed by atoms with Gasteiger partial charge in [0, 0.05) is 12.5 Å². The number of rotatable bonds is 5. The summed E-state index contributed by atoms with van der Waals surface area (Å²) in [5.74, 6) is 1.91. The number of benzene rings is 1. The second-order valence-electron chi connectivity index (χ2n) is 5.32. The van der Waals surface area contributed by atoms with Crippen molar-refractivity contribution >= 4 is 0 Å². The van der Waals surface area contributed by atoms with Gasteiger partial charge in [0.1, 0.15) is 17.1 Å². The first kappa shape index (κ1) is 14.2. The van der Waals surface area contributed by atoms with Crippen LogP contribution in [-0.4, -0.2) is 18.8 Å². The van der Waals surface area contributed by atoms with Crippen molar-refractivity contribution in [2.45, 2.75) is 52.2 Å². The second-order valence-corrected chi connectivity index (χ2v) is 5.32. The van der Waals surface area contributed by atoms with E-state index in [2.05, 4.69) is 32.2 Å². The first-order chi connectivity index (χ1) is 9.13. The van der Waals surface area contributed by atoms with Crippen LogP contribution in [0.15, 0.2) is 18.2 Å². The Hall–Kier alpha value is -1.22. The van der Waals surface area contributed by atoms with Gasteiger partial charge in [0.05, 0.1) is 12.2 Å². The second kappa shape index (κ2) is 5.83. The molecule has 1 aliphatic rings. The van der Waals surface area contributed by atoms with Crippen molar-refractivity contribution in [3.8, 4) is 11.5 Å². The fourth-order valence-corrected chi connectivity index (χ4v) is 2.72. The lowest BCUT2D eigenvalue weighted by Crippen LogP contribution is -2.41. The Balaban J connectivity index is 2.42. The fourth-order valence-electron chi connectivity index (χ4n) is 2.72. The zero-order valence-electron chi connectivity index (χ0n) is 12.5. The summed E-state index contributed by atoms with van der Waals surface area (Å²) < 4.78 is 12.0. The third kappa shape index (κ3) is 2.86. The molecule has 1 heterocycles. The molecule has 1 aromatic rings. The van der Waals surface area contributed by atoms with Crippen molar-refractivity contribution < 1.29 is 9.47 Å². The molecule has 19 heavy (non-hydrogen) atoms. The normalized spacial score (nSPS) is 25.6. The molecule has 2 unspecified atom stereocenters. The van der Waals surface area contributed by atoms with Crippen LogP contribution in [0.3, 0.4) is 0 Å². The van der Waals surface area contributed by atoms with Gasteiger partial charge in [-0.25, -0.2) is 0 Å². The first-order valence-corrected chi connectivity index (χ1v) is 7.31. The molecule has 0 aliphatic carbocycles. The molecule has 2 rings (SSSR count). The average molecular weight is 263 g/mol. The number of ether oxygens (including phenoxy) is 2. The van der Waals surface area contributed by atoms with Crippen LogP contribution in [-0.2, 0) is 0 Å². The van der Waals surface area contributed by atoms with E-state index in [9.17, 15) is 0 Å². The van der Waals surface area contributed by atoms with Gasteiger partial charge in [-0.2, -0.15) is 0 Å². The lowest BCUT2D eigenvalue weighted by molar-refractivity contribution is 0.0433. The summed E-state index contributed by atoms with van der Waals surface area (Å²) in [4.78, 5) is 0. The van der Waals surface area contributed by atoms with Gasteiger partial charge in [0.25, 0.3) is 0 Å². The predicted molar refractivity (Wildman–Crippen MR) is 78.0 cm³/mol. The number of hydrogen-bond donors (Lipinski definition) is 1. The molecule has 1 aliphatic heterocycles. The van der Waals surface area contributed by atoms with Crippen LogP contribution in [0, 0.1) is 0 Å². The highest BCUT2D eigenvalue weighted by molar-refractivity contribution is 5.48. The van der Waals surface area contributed by atoms with Crippen LogP contribution < -0.4 is 14.8 Å². The minimum atomic E-state index is -0.0926. The maximum absolute atomic E-state index is 6.21. The summed E-state index contributed by atoms with van der Waals surface area (Å²) in [5, 5.41) is 3.57. The molecule has 1 N–H and O–H groups in total. The molecule has 3 nitrogen and oxygen atoms in total. The van der Waals surface area contributed by atoms with Gasteiger partial charge in [0.2, 0.25) is 0 Å². The van der Waals surface area contributed by atoms with Crippen molar-refractivity contribution in [1.29, 1.82) is 0 Å². The molecular weight excluding hydrogens is 238 g/mol. The monoisotopic (exact) mass is 263 g/mol. The Kier molecular flexibility index (Phi) is 4.35. The van der Waals surface area contributed by atoms with E-state index < -0.39 is 0 Å². The van der Waals surface area contributed by atoms with E-state index in [1.807, 2.05) is 19.1 Å². The molecule has 1 aromatic carbocycles. The topological polar surface area (TPSA) is 30.5 Å². The summed E-state index contributed by atoms with van der Waals surface area (Å²) in [6.45, 7) is 10.2. The molecule has 0 spiro atoms. The Bertz CT molecular complexity index is 433. The highest BCUT2D eigenvalue weighted by atomic mass is 16.5. The highest BCUT2D eigenvalue weighted by Gasteiger charge is 2.37. The van der Waals surface area contributed by atoms with E-state index in [1.54, 1.807) is 0 Å². The van der Waals surface area contributed by atoms with Gasteiger partial charge in [-0.15, -0.1) is 0 Å². The summed E-state index contributed by atoms with van der Waals surface area (Å²) in [5.41, 5.74) is 1.09. The Morgan fingerprint density at radius 2 is 2.16 bits per heavy atom. The van der Waals surface area contributed by atoms with E-state index in [-0.39, 0.29) is 5.60 Å². The van der Waals surface area contributed by atoms with E-state index in [4.69, 9.17) is 9.47 Å². The van der Waals surface area contributed by atoms with E-state index in [0.717, 1.165) is 30.9 Å². The van der Waals surface area contributed by atoms with Gasteiger partial charge in [0.15, 0.2) is 0 Å². The van der Waals surface area contributed by atoms with Crippen LogP contribution in [0.25, 0.3) is 0 Å². The molecule has 0 aromatic heterocycles. The molecule has 0 saturated heterocycles. The molecule has 0 amide bonds. The Labute approximate surface area is 116 Å². The van der Waals surface area contributed by atoms with Gasteiger partial charge in [-0.3, -0.25) is 0 Å². The van der Waals surface area contributed by atoms with E-state index in [1.165, 1.54) is 5.56 Å². The smallest absolute Gasteiger partial charge is 0.128 e. The van der Waals surface area contributed by atoms with E-state index in [0.29, 0.717) is 12.6 Å². The summed E-state index contributed by atoms with van der Waals surface area (Å²) in [6, 6.07) is 6.40. The van der Waals surface area contributed by atoms with Crippen LogP contribution >= 0.6 is 0 Å². The van der Waals surface area contributed by atoms with Gasteiger partial charge in [-0.05, 0) is 38.9 Å². The van der Waals surface area contributed by atoms with Gasteiger partial charge >= 0.3 is 0 Å². The first-order valence-electron chi connectivity index (χ1n) is 7.31. The van der Waals surface area contributed by atoms with Crippen molar-refractivity contribution in [3.05, 3.63) is 23.8 Å². The summed E-state index contributed by atoms with van der Waals surface area (Å²) in [6.07, 6.45) is 1.99. The van der Waals surface area contributed by atoms with Crippen molar-refractivity contribution in [1.82, 2.24) is 5.32 Å². The highest BCUT2D eigenvalue weighted by Crippen LogP contribution is 2.45. The minimum Gasteiger partial charge on any atom is -0.493 e. The van der Waals surface area contributed by atoms with Crippen molar-refractivity contribution in [3.63, 3.8) is 0 Å². The van der Waals surface area contributed by atoms with Gasteiger partial charge in [-0.1, -0.05) is 19.9 Å². The number of hydrogen-bond acceptors (Lipinski definition) is 3. The van der Waals surface area contributed by atoms with Crippen molar-refractivity contribution in [2.24, 2.45) is 0 Å². The third-order valence-corrected chi connectivity index (χ3v) is 3.87. The van der Waals surface area contributed by atoms with Crippen molar-refractivity contribution in [2.75, 3.05) is 13.2 Å². The quantitative estimate of drug-likeness (QED) is 0.879. The molecule has 3 heteroatoms. The zero-order chi connectivity index (χ0) is 13.9. The van der Waals surface area contributed by atoms with Crippen LogP contribution in [0.4, 0.5) is 0 Å². The van der Waals surface area contributed by atoms with Crippen LogP contribution in [0.5, 0.6) is 11.5 Å². The molecule has 0 radical (unpaired) electrons. The zero-order valence-corrected chi connectivity index (χ0v) is 12.5. The fraction of sp³-hybridized carbons (Fsp3) is 0.625. The molecular formula is C16H25NO2. The lowest BCUT2D eigenvalue weighted by atomic mass is 9.86. The molecule has 2 atom stereocenters. The van der Waals surface area contributed by atoms with Crippen LogP contribution in [0.1, 0.15) is 52.1 Å². The maximum Gasteiger partial charge on any atom is 0.128 e. The minimum absolute atomic E-state index is 0.0926.